The first-order chi connectivity index (χ1) is 15.9. The minimum Gasteiger partial charge on any atom is -0.383 e. The van der Waals surface area contributed by atoms with E-state index in [0.29, 0.717) is 6.42 Å². The fourth-order valence-electron chi connectivity index (χ4n) is 3.51. The third kappa shape index (κ3) is 4.25. The molecule has 1 amide bonds. The summed E-state index contributed by atoms with van der Waals surface area (Å²) in [6, 6.07) is 11.0. The highest BCUT2D eigenvalue weighted by molar-refractivity contribution is 6.05. The van der Waals surface area contributed by atoms with Crippen molar-refractivity contribution in [2.45, 2.75) is 33.2 Å². The molecule has 0 bridgehead atoms. The van der Waals surface area contributed by atoms with Gasteiger partial charge in [-0.25, -0.2) is 14.3 Å². The predicted octanol–water partition coefficient (Wildman–Crippen LogP) is 1.36. The van der Waals surface area contributed by atoms with Crippen molar-refractivity contribution >= 4 is 23.2 Å². The summed E-state index contributed by atoms with van der Waals surface area (Å²) in [5.74, 6) is -0.553. The van der Waals surface area contributed by atoms with Crippen LogP contribution in [0.25, 0.3) is 5.78 Å². The maximum absolute atomic E-state index is 13.5. The van der Waals surface area contributed by atoms with Crippen molar-refractivity contribution in [1.29, 1.82) is 0 Å². The van der Waals surface area contributed by atoms with E-state index in [2.05, 4.69) is 20.1 Å². The second kappa shape index (κ2) is 9.07. The number of amides is 1. The number of unbranched alkanes of at least 4 members (excludes halogenated alkanes) is 1. The van der Waals surface area contributed by atoms with E-state index in [4.69, 9.17) is 5.73 Å². The van der Waals surface area contributed by atoms with E-state index in [1.54, 1.807) is 12.3 Å². The molecular formula is C22H24N8O3. The van der Waals surface area contributed by atoms with Crippen LogP contribution in [-0.2, 0) is 6.54 Å². The molecule has 0 aliphatic rings. The number of hydrogen-bond acceptors (Lipinski definition) is 7. The fourth-order valence-corrected chi connectivity index (χ4v) is 3.51. The highest BCUT2D eigenvalue weighted by atomic mass is 16.2. The number of benzene rings is 1. The van der Waals surface area contributed by atoms with Gasteiger partial charge in [-0.3, -0.25) is 24.0 Å². The van der Waals surface area contributed by atoms with Crippen molar-refractivity contribution in [1.82, 2.24) is 29.1 Å². The largest absolute Gasteiger partial charge is 0.383 e. The highest BCUT2D eigenvalue weighted by Gasteiger charge is 2.28. The number of aromatic amines is 1. The maximum atomic E-state index is 13.5. The normalized spacial score (nSPS) is 11.1. The van der Waals surface area contributed by atoms with E-state index < -0.39 is 17.2 Å². The monoisotopic (exact) mass is 448 g/mol. The molecule has 0 aliphatic carbocycles. The number of H-pyrrole nitrogens is 1. The Morgan fingerprint density at radius 1 is 1.18 bits per heavy atom. The summed E-state index contributed by atoms with van der Waals surface area (Å²) in [4.78, 5) is 50.7. The van der Waals surface area contributed by atoms with Crippen molar-refractivity contribution in [2.75, 3.05) is 17.2 Å². The Kier molecular flexibility index (Phi) is 6.03. The number of nitrogens with one attached hydrogen (secondary N) is 1. The van der Waals surface area contributed by atoms with Crippen LogP contribution in [0.5, 0.6) is 0 Å². The van der Waals surface area contributed by atoms with Gasteiger partial charge in [-0.2, -0.15) is 4.98 Å². The van der Waals surface area contributed by atoms with E-state index in [0.717, 1.165) is 17.7 Å². The zero-order chi connectivity index (χ0) is 23.5. The van der Waals surface area contributed by atoms with E-state index in [-0.39, 0.29) is 36.2 Å². The molecule has 0 saturated carbocycles. The molecule has 4 rings (SSSR count). The molecule has 3 heterocycles. The average molecular weight is 448 g/mol. The number of fused-ring (bicyclic) bond motifs is 1. The van der Waals surface area contributed by atoms with Crippen LogP contribution in [0.2, 0.25) is 0 Å². The molecule has 0 saturated heterocycles. The fraction of sp³-hybridized carbons (Fsp3) is 0.273. The summed E-state index contributed by atoms with van der Waals surface area (Å²) in [6.07, 6.45) is 2.95. The van der Waals surface area contributed by atoms with E-state index in [1.807, 2.05) is 44.2 Å². The quantitative estimate of drug-likeness (QED) is 0.434. The van der Waals surface area contributed by atoms with Gasteiger partial charge in [0.25, 0.3) is 17.2 Å². The first-order valence-electron chi connectivity index (χ1n) is 10.6. The molecule has 170 valence electrons. The number of nitrogen functional groups attached to an aromatic ring is 1. The third-order valence-electron chi connectivity index (χ3n) is 5.27. The maximum Gasteiger partial charge on any atom is 0.330 e. The van der Waals surface area contributed by atoms with E-state index >= 15 is 0 Å². The van der Waals surface area contributed by atoms with Crippen molar-refractivity contribution in [3.8, 4) is 0 Å². The molecule has 0 radical (unpaired) electrons. The van der Waals surface area contributed by atoms with Gasteiger partial charge in [-0.1, -0.05) is 43.7 Å². The number of carbonyl (C=O) groups is 1. The van der Waals surface area contributed by atoms with Crippen LogP contribution in [-0.4, -0.2) is 41.6 Å². The van der Waals surface area contributed by atoms with Gasteiger partial charge >= 0.3 is 5.69 Å². The zero-order valence-electron chi connectivity index (χ0n) is 18.4. The van der Waals surface area contributed by atoms with E-state index in [1.165, 1.54) is 14.0 Å². The molecule has 0 atom stereocenters. The molecule has 33 heavy (non-hydrogen) atoms. The summed E-state index contributed by atoms with van der Waals surface area (Å²) >= 11 is 0. The van der Waals surface area contributed by atoms with Crippen molar-refractivity contribution in [3.63, 3.8) is 0 Å². The standard InChI is InChI=1S/C22H24N8O3/c1-3-4-12-28(20(32)18-25-21-24-11-10-14(2)30(21)27-18)16-17(23)29(22(33)26-19(16)31)13-15-8-6-5-7-9-15/h5-11H,3-4,12-13,23H2,1-2H3,(H,26,31,33). The molecule has 11 heteroatoms. The zero-order valence-corrected chi connectivity index (χ0v) is 18.4. The molecule has 4 aromatic rings. The van der Waals surface area contributed by atoms with Crippen LogP contribution in [0.15, 0.2) is 52.2 Å². The summed E-state index contributed by atoms with van der Waals surface area (Å²) in [6.45, 7) is 4.12. The Bertz CT molecular complexity index is 1420. The summed E-state index contributed by atoms with van der Waals surface area (Å²) in [7, 11) is 0. The van der Waals surface area contributed by atoms with Crippen LogP contribution in [0.3, 0.4) is 0 Å². The highest BCUT2D eigenvalue weighted by Crippen LogP contribution is 2.20. The molecule has 0 fully saturated rings. The molecule has 11 nitrogen and oxygen atoms in total. The van der Waals surface area contributed by atoms with Crippen LogP contribution in [0.1, 0.15) is 41.6 Å². The molecule has 0 unspecified atom stereocenters. The minimum absolute atomic E-state index is 0.102. The van der Waals surface area contributed by atoms with Gasteiger partial charge in [0.15, 0.2) is 5.69 Å². The van der Waals surface area contributed by atoms with Crippen molar-refractivity contribution in [2.24, 2.45) is 0 Å². The van der Waals surface area contributed by atoms with Crippen molar-refractivity contribution in [3.05, 3.63) is 80.5 Å². The lowest BCUT2D eigenvalue weighted by molar-refractivity contribution is 0.0976. The van der Waals surface area contributed by atoms with Gasteiger partial charge in [0.1, 0.15) is 5.82 Å². The van der Waals surface area contributed by atoms with Gasteiger partial charge in [-0.05, 0) is 25.0 Å². The number of hydrogen-bond donors (Lipinski definition) is 2. The first kappa shape index (κ1) is 21.9. The molecule has 1 aromatic carbocycles. The number of aromatic nitrogens is 6. The Labute approximate surface area is 188 Å². The Morgan fingerprint density at radius 2 is 1.94 bits per heavy atom. The van der Waals surface area contributed by atoms with Gasteiger partial charge in [0.2, 0.25) is 5.82 Å². The lowest BCUT2D eigenvalue weighted by Gasteiger charge is -2.23. The molecular weight excluding hydrogens is 424 g/mol. The minimum atomic E-state index is -0.746. The van der Waals surface area contributed by atoms with Gasteiger partial charge in [-0.15, -0.1) is 5.10 Å². The second-order valence-corrected chi connectivity index (χ2v) is 7.61. The Hall–Kier alpha value is -4.28. The number of aryl methyl sites for hydroxylation is 1. The number of nitrogens with zero attached hydrogens (tertiary/aromatic N) is 6. The van der Waals surface area contributed by atoms with Crippen molar-refractivity contribution < 1.29 is 4.79 Å². The molecule has 3 N–H and O–H groups in total. The first-order valence-corrected chi connectivity index (χ1v) is 10.6. The van der Waals surface area contributed by atoms with Gasteiger partial charge in [0, 0.05) is 18.4 Å². The second-order valence-electron chi connectivity index (χ2n) is 7.61. The molecule has 0 spiro atoms. The number of rotatable bonds is 7. The Morgan fingerprint density at radius 3 is 2.64 bits per heavy atom. The molecule has 3 aromatic heterocycles. The lowest BCUT2D eigenvalue weighted by Crippen LogP contribution is -2.42. The third-order valence-corrected chi connectivity index (χ3v) is 5.27. The number of carbonyl (C=O) groups excluding carboxylic acids is 1. The predicted molar refractivity (Wildman–Crippen MR) is 123 cm³/mol. The summed E-state index contributed by atoms with van der Waals surface area (Å²) in [5, 5.41) is 4.26. The average Bonchev–Trinajstić information content (AvgIpc) is 3.25. The Balaban J connectivity index is 1.81. The van der Waals surface area contributed by atoms with Gasteiger partial charge in [0.05, 0.1) is 6.54 Å². The van der Waals surface area contributed by atoms with Gasteiger partial charge < -0.3 is 5.73 Å². The van der Waals surface area contributed by atoms with Crippen LogP contribution >= 0.6 is 0 Å². The SMILES string of the molecule is CCCCN(C(=O)c1nc2nccc(C)n2n1)c1c(N)n(Cc2ccccc2)c(=O)[nH]c1=O. The van der Waals surface area contributed by atoms with E-state index in [9.17, 15) is 14.4 Å². The summed E-state index contributed by atoms with van der Waals surface area (Å²) < 4.78 is 2.69. The van der Waals surface area contributed by atoms with Crippen LogP contribution < -0.4 is 21.9 Å². The van der Waals surface area contributed by atoms with Crippen LogP contribution in [0.4, 0.5) is 11.5 Å². The number of nitrogens with two attached hydrogens (primary N) is 1. The lowest BCUT2D eigenvalue weighted by atomic mass is 10.2. The number of anilines is 2. The molecule has 0 aliphatic heterocycles. The topological polar surface area (TPSA) is 144 Å². The summed E-state index contributed by atoms with van der Waals surface area (Å²) in [5.41, 5.74) is 6.38. The van der Waals surface area contributed by atoms with Crippen LogP contribution in [0, 0.1) is 6.92 Å². The smallest absolute Gasteiger partial charge is 0.330 e.